The Morgan fingerprint density at radius 2 is 2.00 bits per heavy atom. The van der Waals surface area contributed by atoms with Gasteiger partial charge in [-0.1, -0.05) is 43.4 Å². The molecule has 3 heterocycles. The first-order chi connectivity index (χ1) is 16.5. The number of halogens is 1. The number of aromatic nitrogens is 2. The normalized spacial score (nSPS) is 14.5. The molecule has 9 heteroatoms. The number of amides is 2. The van der Waals surface area contributed by atoms with Crippen molar-refractivity contribution in [2.75, 3.05) is 10.6 Å². The van der Waals surface area contributed by atoms with E-state index in [1.165, 1.54) is 24.2 Å². The van der Waals surface area contributed by atoms with Crippen LogP contribution in [0.2, 0.25) is 5.02 Å². The lowest BCUT2D eigenvalue weighted by atomic mass is 9.97. The van der Waals surface area contributed by atoms with Crippen molar-refractivity contribution in [3.8, 4) is 0 Å². The molecule has 1 aliphatic rings. The van der Waals surface area contributed by atoms with E-state index in [4.69, 9.17) is 11.6 Å². The van der Waals surface area contributed by atoms with Crippen LogP contribution in [0, 0.1) is 12.8 Å². The molecule has 0 bridgehead atoms. The first kappa shape index (κ1) is 24.2. The number of hydrogen-bond acceptors (Lipinski definition) is 6. The third kappa shape index (κ3) is 6.55. The van der Waals surface area contributed by atoms with E-state index in [-0.39, 0.29) is 11.8 Å². The van der Waals surface area contributed by atoms with Crippen molar-refractivity contribution < 1.29 is 9.59 Å². The number of hydrogen-bond donors (Lipinski definition) is 3. The molecule has 0 aliphatic heterocycles. The maximum atomic E-state index is 13.0. The fourth-order valence-electron chi connectivity index (χ4n) is 4.15. The number of nitrogens with zero attached hydrogens (tertiary/aromatic N) is 2. The molecule has 34 heavy (non-hydrogen) atoms. The second-order valence-electron chi connectivity index (χ2n) is 8.52. The molecule has 0 unspecified atom stereocenters. The summed E-state index contributed by atoms with van der Waals surface area (Å²) in [6, 6.07) is 10.3. The maximum absolute atomic E-state index is 13.0. The third-order valence-electron chi connectivity index (χ3n) is 5.97. The van der Waals surface area contributed by atoms with Gasteiger partial charge in [-0.25, -0.2) is 4.98 Å². The molecule has 4 rings (SSSR count). The summed E-state index contributed by atoms with van der Waals surface area (Å²) in [4.78, 5) is 36.0. The van der Waals surface area contributed by atoms with Crippen LogP contribution in [0.3, 0.4) is 0 Å². The molecule has 178 valence electrons. The van der Waals surface area contributed by atoms with Gasteiger partial charge in [0.05, 0.1) is 21.3 Å². The summed E-state index contributed by atoms with van der Waals surface area (Å²) in [7, 11) is 0. The van der Waals surface area contributed by atoms with Crippen molar-refractivity contribution in [3.63, 3.8) is 0 Å². The van der Waals surface area contributed by atoms with Crippen LogP contribution in [0.15, 0.2) is 48.8 Å². The first-order valence-electron chi connectivity index (χ1n) is 11.5. The van der Waals surface area contributed by atoms with Crippen LogP contribution in [0.1, 0.15) is 52.3 Å². The van der Waals surface area contributed by atoms with Crippen LogP contribution >= 0.6 is 22.9 Å². The zero-order valence-electron chi connectivity index (χ0n) is 19.0. The number of aryl methyl sites for hydroxylation is 1. The van der Waals surface area contributed by atoms with Crippen molar-refractivity contribution in [2.45, 2.75) is 51.6 Å². The van der Waals surface area contributed by atoms with Crippen LogP contribution in [0.25, 0.3) is 0 Å². The van der Waals surface area contributed by atoms with E-state index in [0.717, 1.165) is 29.1 Å². The monoisotopic (exact) mass is 497 g/mol. The smallest absolute Gasteiger partial charge is 0.262 e. The number of pyridine rings is 2. The maximum Gasteiger partial charge on any atom is 0.262 e. The quantitative estimate of drug-likeness (QED) is 0.366. The molecule has 0 aromatic carbocycles. The zero-order chi connectivity index (χ0) is 23.9. The average molecular weight is 498 g/mol. The van der Waals surface area contributed by atoms with Crippen molar-refractivity contribution in [3.05, 3.63) is 69.3 Å². The van der Waals surface area contributed by atoms with Crippen LogP contribution < -0.4 is 16.0 Å². The van der Waals surface area contributed by atoms with Crippen molar-refractivity contribution in [2.24, 2.45) is 5.92 Å². The molecule has 1 atom stereocenters. The Morgan fingerprint density at radius 3 is 2.76 bits per heavy atom. The van der Waals surface area contributed by atoms with Gasteiger partial charge < -0.3 is 16.0 Å². The Balaban J connectivity index is 1.39. The molecule has 2 amide bonds. The van der Waals surface area contributed by atoms with Gasteiger partial charge in [0.25, 0.3) is 5.91 Å². The number of carbonyl (C=O) groups excluding carboxylic acids is 2. The summed E-state index contributed by atoms with van der Waals surface area (Å²) in [5, 5.41) is 9.69. The molecule has 3 N–H and O–H groups in total. The van der Waals surface area contributed by atoms with Gasteiger partial charge in [0.2, 0.25) is 5.91 Å². The largest absolute Gasteiger partial charge is 0.379 e. The van der Waals surface area contributed by atoms with Crippen molar-refractivity contribution in [1.29, 1.82) is 0 Å². The summed E-state index contributed by atoms with van der Waals surface area (Å²) in [5.74, 6) is 0.447. The fourth-order valence-corrected chi connectivity index (χ4v) is 5.16. The predicted octanol–water partition coefficient (Wildman–Crippen LogP) is 5.43. The summed E-state index contributed by atoms with van der Waals surface area (Å²) in [5.41, 5.74) is 1.71. The molecular weight excluding hydrogens is 470 g/mol. The van der Waals surface area contributed by atoms with Crippen LogP contribution in [-0.2, 0) is 11.3 Å². The lowest BCUT2D eigenvalue weighted by molar-refractivity contribution is -0.118. The topological polar surface area (TPSA) is 96.0 Å². The van der Waals surface area contributed by atoms with Crippen molar-refractivity contribution in [1.82, 2.24) is 15.3 Å². The van der Waals surface area contributed by atoms with E-state index in [1.54, 1.807) is 30.6 Å². The van der Waals surface area contributed by atoms with E-state index < -0.39 is 6.04 Å². The van der Waals surface area contributed by atoms with Crippen LogP contribution in [0.5, 0.6) is 0 Å². The van der Waals surface area contributed by atoms with Gasteiger partial charge in [-0.2, -0.15) is 0 Å². The minimum atomic E-state index is -0.610. The molecule has 0 spiro atoms. The second kappa shape index (κ2) is 11.4. The molecule has 3 aromatic heterocycles. The van der Waals surface area contributed by atoms with Gasteiger partial charge in [-0.15, -0.1) is 11.3 Å². The fraction of sp³-hybridized carbons (Fsp3) is 0.360. The molecule has 0 radical (unpaired) electrons. The Labute approximate surface area is 208 Å². The minimum absolute atomic E-state index is 0.235. The highest BCUT2D eigenvalue weighted by Crippen LogP contribution is 2.29. The predicted molar refractivity (Wildman–Crippen MR) is 136 cm³/mol. The minimum Gasteiger partial charge on any atom is -0.379 e. The highest BCUT2D eigenvalue weighted by atomic mass is 35.5. The lowest BCUT2D eigenvalue weighted by Crippen LogP contribution is -2.44. The van der Waals surface area contributed by atoms with Crippen molar-refractivity contribution >= 4 is 46.3 Å². The molecule has 7 nitrogen and oxygen atoms in total. The summed E-state index contributed by atoms with van der Waals surface area (Å²) < 4.78 is 0. The van der Waals surface area contributed by atoms with Gasteiger partial charge >= 0.3 is 0 Å². The lowest BCUT2D eigenvalue weighted by Gasteiger charge is -2.21. The highest BCUT2D eigenvalue weighted by molar-refractivity contribution is 7.14. The summed E-state index contributed by atoms with van der Waals surface area (Å²) in [6.45, 7) is 2.46. The van der Waals surface area contributed by atoms with Gasteiger partial charge in [0.15, 0.2) is 0 Å². The van der Waals surface area contributed by atoms with Gasteiger partial charge in [0, 0.05) is 23.8 Å². The van der Waals surface area contributed by atoms with E-state index in [0.29, 0.717) is 34.6 Å². The molecule has 1 fully saturated rings. The zero-order valence-corrected chi connectivity index (χ0v) is 20.6. The highest BCUT2D eigenvalue weighted by Gasteiger charge is 2.27. The Bertz CT molecular complexity index is 1130. The Morgan fingerprint density at radius 1 is 1.18 bits per heavy atom. The van der Waals surface area contributed by atoms with E-state index in [2.05, 4.69) is 25.9 Å². The van der Waals surface area contributed by atoms with E-state index >= 15 is 0 Å². The third-order valence-corrected chi connectivity index (χ3v) is 7.26. The number of rotatable bonds is 9. The number of thiophene rings is 1. The first-order valence-corrected chi connectivity index (χ1v) is 12.6. The summed E-state index contributed by atoms with van der Waals surface area (Å²) in [6.07, 6.45) is 8.41. The Kier molecular flexibility index (Phi) is 8.13. The molecule has 1 saturated carbocycles. The Hall–Kier alpha value is -2.97. The second-order valence-corrected chi connectivity index (χ2v) is 10.1. The average Bonchev–Trinajstić information content (AvgIpc) is 3.52. The molecule has 3 aromatic rings. The number of nitrogens with one attached hydrogen (secondary N) is 3. The van der Waals surface area contributed by atoms with Gasteiger partial charge in [0.1, 0.15) is 11.9 Å². The SMILES string of the molecule is Cc1ncc(Cl)cc1NCc1ccc(C(=O)N[C@@H](CC2CCCC2)C(=O)Nc2ccccn2)s1. The standard InChI is InChI=1S/C25H28ClN5O2S/c1-16-20(13-18(26)14-28-16)29-15-19-9-10-22(34-19)25(33)30-21(12-17-6-2-3-7-17)24(32)31-23-8-4-5-11-27-23/h4-5,8-11,13-14,17,21,29H,2-3,6-7,12,15H2,1H3,(H,30,33)(H,27,31,32)/t21-/m0/s1. The van der Waals surface area contributed by atoms with Gasteiger partial charge in [-0.3, -0.25) is 14.6 Å². The number of anilines is 2. The van der Waals surface area contributed by atoms with E-state index in [1.807, 2.05) is 25.1 Å². The van der Waals surface area contributed by atoms with Crippen LogP contribution in [0.4, 0.5) is 11.5 Å². The van der Waals surface area contributed by atoms with Crippen LogP contribution in [-0.4, -0.2) is 27.8 Å². The molecule has 0 saturated heterocycles. The number of carbonyl (C=O) groups is 2. The molecular formula is C25H28ClN5O2S. The summed E-state index contributed by atoms with van der Waals surface area (Å²) >= 11 is 7.44. The van der Waals surface area contributed by atoms with Gasteiger partial charge in [-0.05, 0) is 49.6 Å². The molecule has 1 aliphatic carbocycles. The van der Waals surface area contributed by atoms with E-state index in [9.17, 15) is 9.59 Å².